The fourth-order valence-electron chi connectivity index (χ4n) is 0.926. The molecule has 1 heterocycles. The Hall–Kier alpha value is -0.920. The highest BCUT2D eigenvalue weighted by atomic mass is 14.9. The Bertz CT molecular complexity index is 168. The zero-order chi connectivity index (χ0) is 7.56. The Labute approximate surface area is 61.8 Å². The standard InChI is InChI=1S/C8H14N2/c1-6(2)8-4-3-7(9)5-10-8/h3-6,8,10H,9H2,1-2H3. The van der Waals surface area contributed by atoms with E-state index in [9.17, 15) is 0 Å². The Morgan fingerprint density at radius 2 is 2.30 bits per heavy atom. The SMILES string of the molecule is CC(C)C1C=CC(N)=CN1. The number of hydrogen-bond acceptors (Lipinski definition) is 2. The van der Waals surface area contributed by atoms with Gasteiger partial charge in [0.15, 0.2) is 0 Å². The molecule has 1 unspecified atom stereocenters. The lowest BCUT2D eigenvalue weighted by Crippen LogP contribution is -2.30. The van der Waals surface area contributed by atoms with Gasteiger partial charge in [-0.1, -0.05) is 19.9 Å². The first-order valence-electron chi connectivity index (χ1n) is 3.60. The molecule has 1 atom stereocenters. The van der Waals surface area contributed by atoms with Crippen molar-refractivity contribution < 1.29 is 0 Å². The largest absolute Gasteiger partial charge is 0.398 e. The van der Waals surface area contributed by atoms with E-state index in [1.165, 1.54) is 0 Å². The minimum Gasteiger partial charge on any atom is -0.398 e. The summed E-state index contributed by atoms with van der Waals surface area (Å²) in [6, 6.07) is 0.451. The first kappa shape index (κ1) is 7.19. The van der Waals surface area contributed by atoms with E-state index in [2.05, 4.69) is 25.2 Å². The average molecular weight is 138 g/mol. The van der Waals surface area contributed by atoms with Crippen molar-refractivity contribution in [2.75, 3.05) is 0 Å². The molecule has 0 aliphatic carbocycles. The molecule has 0 spiro atoms. The van der Waals surface area contributed by atoms with Crippen molar-refractivity contribution in [3.8, 4) is 0 Å². The summed E-state index contributed by atoms with van der Waals surface area (Å²) in [5.74, 6) is 0.626. The van der Waals surface area contributed by atoms with E-state index >= 15 is 0 Å². The summed E-state index contributed by atoms with van der Waals surface area (Å²) in [5.41, 5.74) is 6.31. The van der Waals surface area contributed by atoms with Crippen LogP contribution in [0, 0.1) is 5.92 Å². The summed E-state index contributed by atoms with van der Waals surface area (Å²) in [6.45, 7) is 4.36. The van der Waals surface area contributed by atoms with Gasteiger partial charge in [-0.25, -0.2) is 0 Å². The van der Waals surface area contributed by atoms with Gasteiger partial charge in [-0.2, -0.15) is 0 Å². The lowest BCUT2D eigenvalue weighted by molar-refractivity contribution is 0.509. The number of allylic oxidation sites excluding steroid dienone is 1. The second-order valence-electron chi connectivity index (χ2n) is 2.94. The van der Waals surface area contributed by atoms with Crippen LogP contribution < -0.4 is 11.1 Å². The minimum absolute atomic E-state index is 0.451. The Balaban J connectivity index is 2.52. The molecule has 2 heteroatoms. The van der Waals surface area contributed by atoms with E-state index in [4.69, 9.17) is 5.73 Å². The highest BCUT2D eigenvalue weighted by Crippen LogP contribution is 2.07. The maximum atomic E-state index is 5.51. The lowest BCUT2D eigenvalue weighted by atomic mass is 10.0. The molecule has 0 aromatic heterocycles. The monoisotopic (exact) mass is 138 g/mol. The van der Waals surface area contributed by atoms with Gasteiger partial charge in [-0.15, -0.1) is 0 Å². The Morgan fingerprint density at radius 1 is 1.60 bits per heavy atom. The van der Waals surface area contributed by atoms with E-state index in [1.54, 1.807) is 0 Å². The van der Waals surface area contributed by atoms with E-state index in [1.807, 2.05) is 12.3 Å². The van der Waals surface area contributed by atoms with Crippen molar-refractivity contribution in [3.05, 3.63) is 24.0 Å². The van der Waals surface area contributed by atoms with E-state index in [0.717, 1.165) is 5.70 Å². The summed E-state index contributed by atoms with van der Waals surface area (Å²) in [5, 5.41) is 3.19. The maximum absolute atomic E-state index is 5.51. The van der Waals surface area contributed by atoms with Crippen molar-refractivity contribution in [1.82, 2.24) is 5.32 Å². The second-order valence-corrected chi connectivity index (χ2v) is 2.94. The van der Waals surface area contributed by atoms with Crippen LogP contribution in [0.5, 0.6) is 0 Å². The molecule has 10 heavy (non-hydrogen) atoms. The van der Waals surface area contributed by atoms with Gasteiger partial charge in [-0.05, 0) is 12.0 Å². The average Bonchev–Trinajstić information content (AvgIpc) is 1.88. The van der Waals surface area contributed by atoms with Crippen molar-refractivity contribution in [1.29, 1.82) is 0 Å². The summed E-state index contributed by atoms with van der Waals surface area (Å²) in [6.07, 6.45) is 5.89. The quantitative estimate of drug-likeness (QED) is 0.566. The predicted octanol–water partition coefficient (Wildman–Crippen LogP) is 0.971. The van der Waals surface area contributed by atoms with Gasteiger partial charge in [-0.3, -0.25) is 0 Å². The van der Waals surface area contributed by atoms with Gasteiger partial charge in [0.1, 0.15) is 0 Å². The third-order valence-electron chi connectivity index (χ3n) is 1.66. The second kappa shape index (κ2) is 2.78. The fraction of sp³-hybridized carbons (Fsp3) is 0.500. The molecule has 0 saturated heterocycles. The van der Waals surface area contributed by atoms with Gasteiger partial charge in [0.2, 0.25) is 0 Å². The predicted molar refractivity (Wildman–Crippen MR) is 43.2 cm³/mol. The summed E-state index contributed by atoms with van der Waals surface area (Å²) in [4.78, 5) is 0. The Kier molecular flexibility index (Phi) is 2.00. The molecule has 0 saturated carbocycles. The van der Waals surface area contributed by atoms with Gasteiger partial charge in [0.05, 0.1) is 0 Å². The third kappa shape index (κ3) is 1.53. The van der Waals surface area contributed by atoms with Crippen LogP contribution in [0.3, 0.4) is 0 Å². The van der Waals surface area contributed by atoms with Gasteiger partial charge < -0.3 is 11.1 Å². The Morgan fingerprint density at radius 3 is 2.70 bits per heavy atom. The number of nitrogens with two attached hydrogens (primary N) is 1. The summed E-state index contributed by atoms with van der Waals surface area (Å²) >= 11 is 0. The highest BCUT2D eigenvalue weighted by Gasteiger charge is 2.09. The molecule has 1 aliphatic heterocycles. The van der Waals surface area contributed by atoms with Crippen LogP contribution in [-0.2, 0) is 0 Å². The smallest absolute Gasteiger partial charge is 0.0471 e. The normalized spacial score (nSPS) is 24.3. The van der Waals surface area contributed by atoms with Crippen LogP contribution in [0.2, 0.25) is 0 Å². The minimum atomic E-state index is 0.451. The number of dihydropyridines is 1. The van der Waals surface area contributed by atoms with Crippen LogP contribution >= 0.6 is 0 Å². The molecule has 56 valence electrons. The third-order valence-corrected chi connectivity index (χ3v) is 1.66. The van der Waals surface area contributed by atoms with Gasteiger partial charge in [0.25, 0.3) is 0 Å². The van der Waals surface area contributed by atoms with Crippen LogP contribution in [0.4, 0.5) is 0 Å². The molecule has 0 bridgehead atoms. The topological polar surface area (TPSA) is 38.0 Å². The van der Waals surface area contributed by atoms with Crippen LogP contribution in [0.25, 0.3) is 0 Å². The molecule has 0 amide bonds. The molecular weight excluding hydrogens is 124 g/mol. The molecule has 2 nitrogen and oxygen atoms in total. The molecule has 1 aliphatic rings. The van der Waals surface area contributed by atoms with E-state index in [-0.39, 0.29) is 0 Å². The number of hydrogen-bond donors (Lipinski definition) is 2. The molecule has 3 N–H and O–H groups in total. The zero-order valence-corrected chi connectivity index (χ0v) is 6.46. The van der Waals surface area contributed by atoms with Gasteiger partial charge >= 0.3 is 0 Å². The fourth-order valence-corrected chi connectivity index (χ4v) is 0.926. The van der Waals surface area contributed by atoms with Crippen molar-refractivity contribution in [3.63, 3.8) is 0 Å². The number of nitrogens with one attached hydrogen (secondary N) is 1. The van der Waals surface area contributed by atoms with E-state index < -0.39 is 0 Å². The van der Waals surface area contributed by atoms with Gasteiger partial charge in [0, 0.05) is 17.9 Å². The summed E-state index contributed by atoms with van der Waals surface area (Å²) < 4.78 is 0. The van der Waals surface area contributed by atoms with Crippen molar-refractivity contribution in [2.24, 2.45) is 11.7 Å². The molecular formula is C8H14N2. The highest BCUT2D eigenvalue weighted by molar-refractivity contribution is 5.21. The van der Waals surface area contributed by atoms with Crippen LogP contribution in [-0.4, -0.2) is 6.04 Å². The van der Waals surface area contributed by atoms with Crippen molar-refractivity contribution in [2.45, 2.75) is 19.9 Å². The summed E-state index contributed by atoms with van der Waals surface area (Å²) in [7, 11) is 0. The number of rotatable bonds is 1. The molecule has 0 aromatic carbocycles. The first-order chi connectivity index (χ1) is 4.70. The lowest BCUT2D eigenvalue weighted by Gasteiger charge is -2.20. The molecule has 1 rings (SSSR count). The molecule has 0 fully saturated rings. The van der Waals surface area contributed by atoms with Crippen molar-refractivity contribution >= 4 is 0 Å². The zero-order valence-electron chi connectivity index (χ0n) is 6.46. The molecule has 0 aromatic rings. The van der Waals surface area contributed by atoms with Crippen LogP contribution in [0.15, 0.2) is 24.0 Å². The first-order valence-corrected chi connectivity index (χ1v) is 3.60. The van der Waals surface area contributed by atoms with Crippen LogP contribution in [0.1, 0.15) is 13.8 Å². The van der Waals surface area contributed by atoms with E-state index in [0.29, 0.717) is 12.0 Å². The maximum Gasteiger partial charge on any atom is 0.0471 e. The molecule has 0 radical (unpaired) electrons.